The minimum Gasteiger partial charge on any atom is -0.396 e. The van der Waals surface area contributed by atoms with Crippen molar-refractivity contribution >= 4 is 16.8 Å². The van der Waals surface area contributed by atoms with Crippen LogP contribution in [-0.2, 0) is 4.79 Å². The maximum Gasteiger partial charge on any atom is 0.222 e. The summed E-state index contributed by atoms with van der Waals surface area (Å²) in [6.07, 6.45) is 8.42. The van der Waals surface area contributed by atoms with Crippen LogP contribution in [0.5, 0.6) is 0 Å². The van der Waals surface area contributed by atoms with Gasteiger partial charge in [-0.3, -0.25) is 9.48 Å². The average Bonchev–Trinajstić information content (AvgIpc) is 3.32. The van der Waals surface area contributed by atoms with Gasteiger partial charge in [0.15, 0.2) is 0 Å². The molecular weight excluding hydrogens is 347 g/mol. The second kappa shape index (κ2) is 7.52. The third-order valence-corrected chi connectivity index (χ3v) is 5.30. The Morgan fingerprint density at radius 1 is 1.33 bits per heavy atom. The zero-order valence-electron chi connectivity index (χ0n) is 15.1. The largest absolute Gasteiger partial charge is 0.396 e. The normalized spacial score (nSPS) is 15.6. The van der Waals surface area contributed by atoms with E-state index in [1.165, 1.54) is 12.1 Å². The predicted molar refractivity (Wildman–Crippen MR) is 101 cm³/mol. The van der Waals surface area contributed by atoms with Crippen molar-refractivity contribution < 1.29 is 14.3 Å². The number of aromatic amines is 1. The second-order valence-electron chi connectivity index (χ2n) is 7.04. The number of carbonyl (C=O) groups excluding carboxylic acids is 1. The molecule has 0 aliphatic carbocycles. The molecule has 27 heavy (non-hydrogen) atoms. The molecule has 0 bridgehead atoms. The van der Waals surface area contributed by atoms with E-state index in [1.54, 1.807) is 6.07 Å². The number of halogens is 1. The predicted octanol–water partition coefficient (Wildman–Crippen LogP) is 3.11. The van der Waals surface area contributed by atoms with E-state index in [-0.39, 0.29) is 24.4 Å². The van der Waals surface area contributed by atoms with Gasteiger partial charge in [0.2, 0.25) is 5.91 Å². The third-order valence-electron chi connectivity index (χ3n) is 5.30. The summed E-state index contributed by atoms with van der Waals surface area (Å²) < 4.78 is 15.4. The van der Waals surface area contributed by atoms with Crippen LogP contribution in [0.1, 0.15) is 31.7 Å². The van der Waals surface area contributed by atoms with Crippen LogP contribution in [-0.4, -0.2) is 50.4 Å². The highest BCUT2D eigenvalue weighted by atomic mass is 19.1. The molecule has 1 amide bonds. The number of aliphatic hydroxyl groups is 1. The summed E-state index contributed by atoms with van der Waals surface area (Å²) in [5.41, 5.74) is 2.77. The average molecular weight is 370 g/mol. The number of hydrogen-bond donors (Lipinski definition) is 2. The first-order chi connectivity index (χ1) is 13.2. The first-order valence-electron chi connectivity index (χ1n) is 9.35. The summed E-state index contributed by atoms with van der Waals surface area (Å²) in [5.74, 6) is -0.137. The molecule has 0 saturated carbocycles. The van der Waals surface area contributed by atoms with Gasteiger partial charge in [-0.15, -0.1) is 0 Å². The number of likely N-dealkylation sites (tertiary alicyclic amines) is 1. The number of aliphatic hydroxyl groups excluding tert-OH is 1. The van der Waals surface area contributed by atoms with E-state index in [4.69, 9.17) is 5.11 Å². The standard InChI is InChI=1S/C20H23FN4O2/c21-15-3-4-17-18(12-22-19(17)10-15)14-11-23-25(13-14)16-5-7-24(8-6-16)20(27)2-1-9-26/h3-4,10-13,16,22,26H,1-2,5-9H2. The number of piperidine rings is 1. The number of aromatic nitrogens is 3. The monoisotopic (exact) mass is 370 g/mol. The van der Waals surface area contributed by atoms with Gasteiger partial charge in [0.25, 0.3) is 0 Å². The SMILES string of the molecule is O=C(CCCO)N1CCC(n2cc(-c3c[nH]c4cc(F)ccc34)cn2)CC1. The molecule has 0 spiro atoms. The van der Waals surface area contributed by atoms with Crippen LogP contribution in [0.2, 0.25) is 0 Å². The van der Waals surface area contributed by atoms with Gasteiger partial charge in [-0.2, -0.15) is 5.10 Å². The lowest BCUT2D eigenvalue weighted by Crippen LogP contribution is -2.39. The Kier molecular flexibility index (Phi) is 4.94. The number of H-pyrrole nitrogens is 1. The number of amides is 1. The molecule has 1 aliphatic rings. The van der Waals surface area contributed by atoms with E-state index < -0.39 is 0 Å². The Bertz CT molecular complexity index is 941. The fourth-order valence-electron chi connectivity index (χ4n) is 3.78. The molecule has 0 atom stereocenters. The van der Waals surface area contributed by atoms with Gasteiger partial charge >= 0.3 is 0 Å². The van der Waals surface area contributed by atoms with Gasteiger partial charge in [0, 0.05) is 60.5 Å². The molecule has 2 N–H and O–H groups in total. The molecule has 1 aliphatic heterocycles. The molecule has 7 heteroatoms. The van der Waals surface area contributed by atoms with Crippen LogP contribution in [0.4, 0.5) is 4.39 Å². The van der Waals surface area contributed by atoms with Crippen molar-refractivity contribution in [2.75, 3.05) is 19.7 Å². The number of nitrogens with zero attached hydrogens (tertiary/aromatic N) is 3. The fraction of sp³-hybridized carbons (Fsp3) is 0.400. The topological polar surface area (TPSA) is 74.2 Å². The number of rotatable bonds is 5. The molecule has 1 aromatic carbocycles. The van der Waals surface area contributed by atoms with Crippen LogP contribution in [0, 0.1) is 5.82 Å². The van der Waals surface area contributed by atoms with Crippen molar-refractivity contribution in [1.82, 2.24) is 19.7 Å². The highest BCUT2D eigenvalue weighted by Gasteiger charge is 2.24. The summed E-state index contributed by atoms with van der Waals surface area (Å²) in [5, 5.41) is 14.4. The number of nitrogens with one attached hydrogen (secondary N) is 1. The zero-order valence-corrected chi connectivity index (χ0v) is 15.1. The van der Waals surface area contributed by atoms with Crippen LogP contribution in [0.25, 0.3) is 22.0 Å². The lowest BCUT2D eigenvalue weighted by molar-refractivity contribution is -0.132. The maximum atomic E-state index is 13.4. The maximum absolute atomic E-state index is 13.4. The summed E-state index contributed by atoms with van der Waals surface area (Å²) in [4.78, 5) is 17.1. The third kappa shape index (κ3) is 3.60. The highest BCUT2D eigenvalue weighted by molar-refractivity contribution is 5.95. The summed E-state index contributed by atoms with van der Waals surface area (Å²) >= 11 is 0. The van der Waals surface area contributed by atoms with E-state index in [0.29, 0.717) is 12.8 Å². The Hall–Kier alpha value is -2.67. The molecule has 3 heterocycles. The van der Waals surface area contributed by atoms with E-state index in [0.717, 1.165) is 48.0 Å². The molecule has 6 nitrogen and oxygen atoms in total. The van der Waals surface area contributed by atoms with Gasteiger partial charge in [-0.05, 0) is 37.5 Å². The lowest BCUT2D eigenvalue weighted by Gasteiger charge is -2.32. The van der Waals surface area contributed by atoms with Crippen molar-refractivity contribution in [3.63, 3.8) is 0 Å². The van der Waals surface area contributed by atoms with Crippen LogP contribution in [0.3, 0.4) is 0 Å². The minimum absolute atomic E-state index is 0.0543. The Morgan fingerprint density at radius 3 is 2.93 bits per heavy atom. The zero-order chi connectivity index (χ0) is 18.8. The van der Waals surface area contributed by atoms with Gasteiger partial charge in [0.05, 0.1) is 12.2 Å². The van der Waals surface area contributed by atoms with Crippen molar-refractivity contribution in [3.05, 3.63) is 42.6 Å². The lowest BCUT2D eigenvalue weighted by atomic mass is 10.0. The smallest absolute Gasteiger partial charge is 0.222 e. The first-order valence-corrected chi connectivity index (χ1v) is 9.35. The highest BCUT2D eigenvalue weighted by Crippen LogP contribution is 2.30. The summed E-state index contributed by atoms with van der Waals surface area (Å²) in [6, 6.07) is 5.01. The molecule has 4 rings (SSSR count). The second-order valence-corrected chi connectivity index (χ2v) is 7.04. The van der Waals surface area contributed by atoms with Gasteiger partial charge in [-0.1, -0.05) is 0 Å². The Balaban J connectivity index is 1.45. The van der Waals surface area contributed by atoms with E-state index >= 15 is 0 Å². The van der Waals surface area contributed by atoms with Crippen molar-refractivity contribution in [2.24, 2.45) is 0 Å². The van der Waals surface area contributed by atoms with Gasteiger partial charge in [-0.25, -0.2) is 4.39 Å². The Morgan fingerprint density at radius 2 is 2.15 bits per heavy atom. The van der Waals surface area contributed by atoms with Crippen molar-refractivity contribution in [1.29, 1.82) is 0 Å². The minimum atomic E-state index is -0.258. The van der Waals surface area contributed by atoms with E-state index in [1.807, 2.05) is 28.2 Å². The van der Waals surface area contributed by atoms with E-state index in [2.05, 4.69) is 10.1 Å². The molecule has 2 aromatic heterocycles. The fourth-order valence-corrected chi connectivity index (χ4v) is 3.78. The van der Waals surface area contributed by atoms with Crippen molar-refractivity contribution in [2.45, 2.75) is 31.7 Å². The molecule has 3 aromatic rings. The Labute approximate surface area is 156 Å². The molecule has 0 unspecified atom stereocenters. The quantitative estimate of drug-likeness (QED) is 0.725. The van der Waals surface area contributed by atoms with E-state index in [9.17, 15) is 9.18 Å². The van der Waals surface area contributed by atoms with Crippen LogP contribution < -0.4 is 0 Å². The molecule has 0 radical (unpaired) electrons. The summed E-state index contributed by atoms with van der Waals surface area (Å²) in [6.45, 7) is 1.49. The number of benzene rings is 1. The first kappa shape index (κ1) is 17.7. The number of hydrogen-bond acceptors (Lipinski definition) is 3. The van der Waals surface area contributed by atoms with Crippen LogP contribution in [0.15, 0.2) is 36.8 Å². The molecular formula is C20H23FN4O2. The molecule has 1 fully saturated rings. The van der Waals surface area contributed by atoms with Gasteiger partial charge < -0.3 is 15.0 Å². The number of fused-ring (bicyclic) bond motifs is 1. The molecule has 1 saturated heterocycles. The number of carbonyl (C=O) groups is 1. The van der Waals surface area contributed by atoms with Crippen LogP contribution >= 0.6 is 0 Å². The van der Waals surface area contributed by atoms with Crippen molar-refractivity contribution in [3.8, 4) is 11.1 Å². The van der Waals surface area contributed by atoms with Gasteiger partial charge in [0.1, 0.15) is 5.82 Å². The summed E-state index contributed by atoms with van der Waals surface area (Å²) in [7, 11) is 0. The molecule has 142 valence electrons.